The van der Waals surface area contributed by atoms with E-state index >= 15 is 0 Å². The maximum Gasteiger partial charge on any atom is 0.0241 e. The van der Waals surface area contributed by atoms with Crippen molar-refractivity contribution in [2.24, 2.45) is 23.5 Å². The quantitative estimate of drug-likeness (QED) is 0.590. The van der Waals surface area contributed by atoms with Gasteiger partial charge >= 0.3 is 0 Å². The van der Waals surface area contributed by atoms with Crippen LogP contribution in [0.3, 0.4) is 0 Å². The first-order chi connectivity index (χ1) is 5.34. The van der Waals surface area contributed by atoms with Crippen molar-refractivity contribution in [1.82, 2.24) is 0 Å². The van der Waals surface area contributed by atoms with Crippen molar-refractivity contribution in [2.45, 2.75) is 31.7 Å². The first-order valence-corrected chi connectivity index (χ1v) is 4.53. The molecular weight excluding hydrogens is 134 g/mol. The van der Waals surface area contributed by atoms with Gasteiger partial charge in [0.2, 0.25) is 0 Å². The standard InChI is InChI=1S/C10H15N/c1-2-4-9(11)10-7-5-3-6-8(7)10/h1,7-10H,3-6,11H2. The highest BCUT2D eigenvalue weighted by molar-refractivity contribution is 5.07. The van der Waals surface area contributed by atoms with Gasteiger partial charge in [0.25, 0.3) is 0 Å². The maximum atomic E-state index is 5.94. The molecule has 60 valence electrons. The van der Waals surface area contributed by atoms with E-state index in [0.29, 0.717) is 6.04 Å². The molecule has 2 aliphatic carbocycles. The fourth-order valence-corrected chi connectivity index (χ4v) is 2.78. The summed E-state index contributed by atoms with van der Waals surface area (Å²) in [6.45, 7) is 0. The lowest BCUT2D eigenvalue weighted by molar-refractivity contribution is 0.493. The van der Waals surface area contributed by atoms with Crippen LogP contribution in [0.25, 0.3) is 0 Å². The predicted molar refractivity (Wildman–Crippen MR) is 45.7 cm³/mol. The van der Waals surface area contributed by atoms with E-state index in [1.165, 1.54) is 19.3 Å². The topological polar surface area (TPSA) is 26.0 Å². The zero-order valence-electron chi connectivity index (χ0n) is 6.79. The highest BCUT2D eigenvalue weighted by Gasteiger charge is 2.54. The van der Waals surface area contributed by atoms with Gasteiger partial charge in [0, 0.05) is 12.5 Å². The lowest BCUT2D eigenvalue weighted by Gasteiger charge is -2.09. The average Bonchev–Trinajstić information content (AvgIpc) is 2.47. The number of nitrogens with two attached hydrogens (primary N) is 1. The molecule has 0 radical (unpaired) electrons. The van der Waals surface area contributed by atoms with Crippen LogP contribution in [-0.4, -0.2) is 6.04 Å². The van der Waals surface area contributed by atoms with Gasteiger partial charge in [-0.25, -0.2) is 0 Å². The second kappa shape index (κ2) is 2.53. The Bertz CT molecular complexity index is 182. The van der Waals surface area contributed by atoms with Gasteiger partial charge in [-0.2, -0.15) is 0 Å². The van der Waals surface area contributed by atoms with E-state index < -0.39 is 0 Å². The van der Waals surface area contributed by atoms with Crippen LogP contribution in [-0.2, 0) is 0 Å². The van der Waals surface area contributed by atoms with Crippen molar-refractivity contribution >= 4 is 0 Å². The Morgan fingerprint density at radius 2 is 2.09 bits per heavy atom. The highest BCUT2D eigenvalue weighted by atomic mass is 14.7. The summed E-state index contributed by atoms with van der Waals surface area (Å²) in [5.41, 5.74) is 5.94. The Morgan fingerprint density at radius 3 is 2.64 bits per heavy atom. The fraction of sp³-hybridized carbons (Fsp3) is 0.800. The Hall–Kier alpha value is -0.480. The minimum absolute atomic E-state index is 0.301. The van der Waals surface area contributed by atoms with Gasteiger partial charge in [-0.3, -0.25) is 0 Å². The van der Waals surface area contributed by atoms with E-state index in [2.05, 4.69) is 5.92 Å². The molecule has 2 saturated carbocycles. The van der Waals surface area contributed by atoms with Crippen molar-refractivity contribution in [3.8, 4) is 12.3 Å². The van der Waals surface area contributed by atoms with Gasteiger partial charge in [0.15, 0.2) is 0 Å². The summed E-state index contributed by atoms with van der Waals surface area (Å²) in [5.74, 6) is 5.36. The van der Waals surface area contributed by atoms with Crippen LogP contribution in [0.15, 0.2) is 0 Å². The van der Waals surface area contributed by atoms with Gasteiger partial charge in [0.05, 0.1) is 0 Å². The Kier molecular flexibility index (Phi) is 1.65. The van der Waals surface area contributed by atoms with Crippen LogP contribution < -0.4 is 5.73 Å². The minimum atomic E-state index is 0.301. The van der Waals surface area contributed by atoms with Crippen molar-refractivity contribution < 1.29 is 0 Å². The summed E-state index contributed by atoms with van der Waals surface area (Å²) in [4.78, 5) is 0. The van der Waals surface area contributed by atoms with E-state index in [0.717, 1.165) is 24.2 Å². The smallest absolute Gasteiger partial charge is 0.0241 e. The number of hydrogen-bond acceptors (Lipinski definition) is 1. The highest BCUT2D eigenvalue weighted by Crippen LogP contribution is 2.58. The molecule has 0 bridgehead atoms. The zero-order chi connectivity index (χ0) is 7.84. The molecule has 3 atom stereocenters. The van der Waals surface area contributed by atoms with Crippen LogP contribution >= 0.6 is 0 Å². The molecule has 11 heavy (non-hydrogen) atoms. The van der Waals surface area contributed by atoms with E-state index in [4.69, 9.17) is 12.2 Å². The second-order valence-corrected chi connectivity index (χ2v) is 3.91. The molecule has 1 nitrogen and oxygen atoms in total. The molecule has 0 aliphatic heterocycles. The lowest BCUT2D eigenvalue weighted by Crippen LogP contribution is -2.24. The summed E-state index contributed by atoms with van der Waals surface area (Å²) < 4.78 is 0. The first-order valence-electron chi connectivity index (χ1n) is 4.53. The zero-order valence-corrected chi connectivity index (χ0v) is 6.79. The van der Waals surface area contributed by atoms with E-state index in [1.54, 1.807) is 0 Å². The van der Waals surface area contributed by atoms with Crippen LogP contribution in [0.2, 0.25) is 0 Å². The van der Waals surface area contributed by atoms with E-state index in [-0.39, 0.29) is 0 Å². The van der Waals surface area contributed by atoms with Crippen molar-refractivity contribution in [3.05, 3.63) is 0 Å². The van der Waals surface area contributed by atoms with Gasteiger partial charge in [-0.15, -0.1) is 12.3 Å². The molecular formula is C10H15N. The molecule has 0 spiro atoms. The van der Waals surface area contributed by atoms with Gasteiger partial charge in [0.1, 0.15) is 0 Å². The third-order valence-electron chi connectivity index (χ3n) is 3.32. The van der Waals surface area contributed by atoms with Crippen molar-refractivity contribution in [3.63, 3.8) is 0 Å². The molecule has 0 saturated heterocycles. The second-order valence-electron chi connectivity index (χ2n) is 3.91. The third kappa shape index (κ3) is 1.06. The molecule has 1 heteroatoms. The number of hydrogen-bond donors (Lipinski definition) is 1. The average molecular weight is 149 g/mol. The molecule has 0 heterocycles. The molecule has 0 aromatic carbocycles. The summed E-state index contributed by atoms with van der Waals surface area (Å²) in [5, 5.41) is 0. The molecule has 0 aromatic heterocycles. The Balaban J connectivity index is 1.86. The van der Waals surface area contributed by atoms with Crippen LogP contribution in [0, 0.1) is 30.1 Å². The van der Waals surface area contributed by atoms with Crippen LogP contribution in [0.1, 0.15) is 25.7 Å². The van der Waals surface area contributed by atoms with E-state index in [9.17, 15) is 0 Å². The predicted octanol–water partition coefficient (Wildman–Crippen LogP) is 1.38. The minimum Gasteiger partial charge on any atom is -0.327 e. The SMILES string of the molecule is C#CCC(N)C1C2CCCC21. The monoisotopic (exact) mass is 149 g/mol. The number of terminal acetylenes is 1. The molecule has 0 amide bonds. The molecule has 2 fully saturated rings. The van der Waals surface area contributed by atoms with Gasteiger partial charge in [-0.1, -0.05) is 6.42 Å². The normalized spacial score (nSPS) is 42.7. The van der Waals surface area contributed by atoms with Gasteiger partial charge in [-0.05, 0) is 30.6 Å². The summed E-state index contributed by atoms with van der Waals surface area (Å²) in [7, 11) is 0. The Morgan fingerprint density at radius 1 is 1.45 bits per heavy atom. The summed E-state index contributed by atoms with van der Waals surface area (Å²) >= 11 is 0. The molecule has 2 aliphatic rings. The number of rotatable bonds is 2. The fourth-order valence-electron chi connectivity index (χ4n) is 2.78. The van der Waals surface area contributed by atoms with Crippen LogP contribution in [0.4, 0.5) is 0 Å². The third-order valence-corrected chi connectivity index (χ3v) is 3.32. The van der Waals surface area contributed by atoms with Gasteiger partial charge < -0.3 is 5.73 Å². The van der Waals surface area contributed by atoms with Crippen molar-refractivity contribution in [2.75, 3.05) is 0 Å². The largest absolute Gasteiger partial charge is 0.327 e. The van der Waals surface area contributed by atoms with Crippen molar-refractivity contribution in [1.29, 1.82) is 0 Å². The number of fused-ring (bicyclic) bond motifs is 1. The molecule has 0 aromatic rings. The maximum absolute atomic E-state index is 5.94. The molecule has 2 rings (SSSR count). The lowest BCUT2D eigenvalue weighted by atomic mass is 10.0. The van der Waals surface area contributed by atoms with Crippen LogP contribution in [0.5, 0.6) is 0 Å². The molecule has 3 unspecified atom stereocenters. The summed E-state index contributed by atoms with van der Waals surface area (Å²) in [6, 6.07) is 0.301. The summed E-state index contributed by atoms with van der Waals surface area (Å²) in [6.07, 6.45) is 10.2. The molecule has 2 N–H and O–H groups in total. The van der Waals surface area contributed by atoms with E-state index in [1.807, 2.05) is 0 Å². The first kappa shape index (κ1) is 7.18. The Labute approximate surface area is 68.4 Å².